The molecule has 0 saturated heterocycles. The molecule has 7 N–H and O–H groups in total. The molecular formula is C10H17NO9. The van der Waals surface area contributed by atoms with E-state index >= 15 is 0 Å². The lowest BCUT2D eigenvalue weighted by molar-refractivity contribution is -0.169. The summed E-state index contributed by atoms with van der Waals surface area (Å²) in [5.41, 5.74) is 5.07. The molecule has 0 heterocycles. The fourth-order valence-electron chi connectivity index (χ4n) is 1.17. The number of carboxylic acid groups (broad SMARTS) is 1. The van der Waals surface area contributed by atoms with Crippen LogP contribution >= 0.6 is 0 Å². The number of aldehydes is 1. The van der Waals surface area contributed by atoms with Crippen LogP contribution in [0.5, 0.6) is 0 Å². The molecule has 0 aliphatic carbocycles. The molecule has 0 saturated carbocycles. The first-order chi connectivity index (χ1) is 9.24. The highest BCUT2D eigenvalue weighted by molar-refractivity contribution is 5.82. The Labute approximate surface area is 113 Å². The van der Waals surface area contributed by atoms with Crippen molar-refractivity contribution in [2.24, 2.45) is 5.73 Å². The molecule has 0 radical (unpaired) electrons. The van der Waals surface area contributed by atoms with Gasteiger partial charge < -0.3 is 36.0 Å². The normalized spacial score (nSPS) is 18.4. The van der Waals surface area contributed by atoms with E-state index in [1.54, 1.807) is 0 Å². The maximum atomic E-state index is 11.3. The van der Waals surface area contributed by atoms with Crippen LogP contribution < -0.4 is 5.73 Å². The molecule has 0 aromatic carbocycles. The lowest BCUT2D eigenvalue weighted by Gasteiger charge is -2.25. The topological polar surface area (TPSA) is 188 Å². The van der Waals surface area contributed by atoms with Crippen LogP contribution in [0.3, 0.4) is 0 Å². The van der Waals surface area contributed by atoms with Gasteiger partial charge in [-0.15, -0.1) is 0 Å². The van der Waals surface area contributed by atoms with Crippen molar-refractivity contribution < 1.29 is 44.7 Å². The molecule has 0 rings (SSSR count). The second kappa shape index (κ2) is 8.55. The molecule has 20 heavy (non-hydrogen) atoms. The summed E-state index contributed by atoms with van der Waals surface area (Å²) in [6.45, 7) is -0.887. The average Bonchev–Trinajstić information content (AvgIpc) is 2.41. The summed E-state index contributed by atoms with van der Waals surface area (Å²) in [7, 11) is 0. The van der Waals surface area contributed by atoms with E-state index in [2.05, 4.69) is 4.74 Å². The molecule has 0 aliphatic rings. The lowest BCUT2D eigenvalue weighted by Crippen LogP contribution is -2.48. The number of carboxylic acids is 1. The number of aliphatic hydroxyl groups is 4. The fraction of sp³-hybridized carbons (Fsp3) is 0.700. The second-order valence-corrected chi connectivity index (χ2v) is 3.97. The maximum absolute atomic E-state index is 11.3. The Kier molecular flexibility index (Phi) is 7.87. The number of carbonyl (C=O) groups excluding carboxylic acids is 2. The summed E-state index contributed by atoms with van der Waals surface area (Å²) in [6, 6.07) is -1.54. The van der Waals surface area contributed by atoms with E-state index in [9.17, 15) is 24.6 Å². The molecule has 10 nitrogen and oxygen atoms in total. The maximum Gasteiger partial charge on any atom is 0.321 e. The molecule has 0 fully saturated rings. The first-order valence-electron chi connectivity index (χ1n) is 5.52. The molecular weight excluding hydrogens is 278 g/mol. The van der Waals surface area contributed by atoms with Gasteiger partial charge in [0.25, 0.3) is 0 Å². The van der Waals surface area contributed by atoms with Crippen LogP contribution in [0.25, 0.3) is 0 Å². The Morgan fingerprint density at radius 2 is 1.75 bits per heavy atom. The van der Waals surface area contributed by atoms with Crippen molar-refractivity contribution in [3.05, 3.63) is 0 Å². The number of hydrogen-bond acceptors (Lipinski definition) is 9. The highest BCUT2D eigenvalue weighted by atomic mass is 16.6. The van der Waals surface area contributed by atoms with E-state index in [0.29, 0.717) is 0 Å². The number of esters is 1. The van der Waals surface area contributed by atoms with Gasteiger partial charge in [0.2, 0.25) is 0 Å². The zero-order valence-electron chi connectivity index (χ0n) is 10.3. The monoisotopic (exact) mass is 295 g/mol. The zero-order valence-corrected chi connectivity index (χ0v) is 10.3. The van der Waals surface area contributed by atoms with Crippen LogP contribution in [0.15, 0.2) is 0 Å². The molecule has 10 heteroatoms. The van der Waals surface area contributed by atoms with Gasteiger partial charge >= 0.3 is 11.9 Å². The quantitative estimate of drug-likeness (QED) is 0.180. The van der Waals surface area contributed by atoms with Gasteiger partial charge in [-0.3, -0.25) is 14.4 Å². The van der Waals surface area contributed by atoms with E-state index in [1.165, 1.54) is 0 Å². The van der Waals surface area contributed by atoms with E-state index < -0.39 is 55.4 Å². The third-order valence-electron chi connectivity index (χ3n) is 2.37. The van der Waals surface area contributed by atoms with E-state index in [4.69, 9.17) is 21.1 Å². The van der Waals surface area contributed by atoms with Crippen molar-refractivity contribution in [3.8, 4) is 0 Å². The highest BCUT2D eigenvalue weighted by Crippen LogP contribution is 2.08. The van der Waals surface area contributed by atoms with Gasteiger partial charge in [-0.2, -0.15) is 0 Å². The highest BCUT2D eigenvalue weighted by Gasteiger charge is 2.34. The number of nitrogens with two attached hydrogens (primary N) is 1. The summed E-state index contributed by atoms with van der Waals surface area (Å²) in [5, 5.41) is 45.0. The van der Waals surface area contributed by atoms with Crippen LogP contribution in [0.2, 0.25) is 0 Å². The molecule has 0 aliphatic heterocycles. The van der Waals surface area contributed by atoms with Crippen LogP contribution in [0, 0.1) is 0 Å². The summed E-state index contributed by atoms with van der Waals surface area (Å²) in [6.07, 6.45) is -8.25. The summed E-state index contributed by atoms with van der Waals surface area (Å²) < 4.78 is 4.44. The first-order valence-corrected chi connectivity index (χ1v) is 5.52. The molecule has 0 amide bonds. The largest absolute Gasteiger partial charge is 0.480 e. The zero-order chi connectivity index (χ0) is 15.9. The molecule has 0 spiro atoms. The van der Waals surface area contributed by atoms with Gasteiger partial charge in [0, 0.05) is 0 Å². The van der Waals surface area contributed by atoms with Crippen molar-refractivity contribution in [1.82, 2.24) is 0 Å². The number of ether oxygens (including phenoxy) is 1. The summed E-state index contributed by atoms with van der Waals surface area (Å²) >= 11 is 0. The van der Waals surface area contributed by atoms with E-state index in [0.717, 1.165) is 0 Å². The molecule has 0 aromatic rings. The number of aliphatic hydroxyl groups excluding tert-OH is 4. The predicted octanol–water partition coefficient (Wildman–Crippen LogP) is -4.03. The van der Waals surface area contributed by atoms with E-state index in [-0.39, 0.29) is 6.29 Å². The second-order valence-electron chi connectivity index (χ2n) is 3.97. The van der Waals surface area contributed by atoms with Crippen molar-refractivity contribution in [2.45, 2.75) is 36.9 Å². The Bertz CT molecular complexity index is 348. The van der Waals surface area contributed by atoms with Crippen molar-refractivity contribution in [3.63, 3.8) is 0 Å². The number of aliphatic carboxylic acids is 1. The Balaban J connectivity index is 4.57. The van der Waals surface area contributed by atoms with Gasteiger partial charge in [-0.05, 0) is 0 Å². The van der Waals surface area contributed by atoms with Crippen molar-refractivity contribution in [1.29, 1.82) is 0 Å². The third-order valence-corrected chi connectivity index (χ3v) is 2.37. The minimum absolute atomic E-state index is 0.0117. The van der Waals surface area contributed by atoms with Crippen LogP contribution in [0.1, 0.15) is 6.42 Å². The number of hydrogen-bond donors (Lipinski definition) is 6. The van der Waals surface area contributed by atoms with Gasteiger partial charge in [-0.25, -0.2) is 0 Å². The molecule has 0 bridgehead atoms. The Hall–Kier alpha value is -1.59. The molecule has 0 aromatic heterocycles. The van der Waals surface area contributed by atoms with Crippen molar-refractivity contribution >= 4 is 18.2 Å². The lowest BCUT2D eigenvalue weighted by atomic mass is 10.0. The van der Waals surface area contributed by atoms with Gasteiger partial charge in [0.15, 0.2) is 12.4 Å². The van der Waals surface area contributed by atoms with Gasteiger partial charge in [-0.1, -0.05) is 0 Å². The van der Waals surface area contributed by atoms with E-state index in [1.807, 2.05) is 0 Å². The number of carbonyl (C=O) groups is 3. The Morgan fingerprint density at radius 3 is 2.15 bits per heavy atom. The number of rotatable bonds is 9. The van der Waals surface area contributed by atoms with Crippen molar-refractivity contribution in [2.75, 3.05) is 6.61 Å². The minimum Gasteiger partial charge on any atom is -0.480 e. The average molecular weight is 295 g/mol. The molecule has 116 valence electrons. The molecule has 5 atom stereocenters. The van der Waals surface area contributed by atoms with Crippen LogP contribution in [0.4, 0.5) is 0 Å². The standard InChI is InChI=1S/C10H17NO9/c11-4(10(18)19)1-7(15)20-6(3-13)9(17)8(16)5(14)2-12/h3-6,8-9,12,14,16-17H,1-2,11H2,(H,18,19)/t4-,5+,6-,8+,9+/m0/s1. The fourth-order valence-corrected chi connectivity index (χ4v) is 1.17. The summed E-state index contributed by atoms with van der Waals surface area (Å²) in [5.74, 6) is -2.64. The predicted molar refractivity (Wildman–Crippen MR) is 61.3 cm³/mol. The Morgan fingerprint density at radius 1 is 1.20 bits per heavy atom. The van der Waals surface area contributed by atoms with Crippen LogP contribution in [-0.2, 0) is 19.1 Å². The SMILES string of the molecule is N[C@@H](CC(=O)O[C@@H](C=O)[C@@H](O)[C@H](O)[C@H](O)CO)C(=O)O. The van der Waals surface area contributed by atoms with Gasteiger partial charge in [0.05, 0.1) is 13.0 Å². The third kappa shape index (κ3) is 5.59. The van der Waals surface area contributed by atoms with Gasteiger partial charge in [0.1, 0.15) is 24.4 Å². The first kappa shape index (κ1) is 18.4. The summed E-state index contributed by atoms with van der Waals surface area (Å²) in [4.78, 5) is 32.3. The smallest absolute Gasteiger partial charge is 0.321 e. The minimum atomic E-state index is -1.99. The molecule has 0 unspecified atom stereocenters. The van der Waals surface area contributed by atoms with Crippen LogP contribution in [-0.4, -0.2) is 80.8 Å².